The molecule has 0 saturated carbocycles. The summed E-state index contributed by atoms with van der Waals surface area (Å²) in [7, 11) is 0. The van der Waals surface area contributed by atoms with E-state index in [-0.39, 0.29) is 19.1 Å². The molecule has 136 valence electrons. The van der Waals surface area contributed by atoms with Crippen LogP contribution in [-0.2, 0) is 32.1 Å². The lowest BCUT2D eigenvalue weighted by molar-refractivity contribution is -0.144. The molecular weight excluding hydrogens is 316 g/mol. The number of alkyl carbamates (subject to hydrolysis) is 1. The Hall–Kier alpha value is -2.16. The number of hydrogen-bond acceptors (Lipinski definition) is 7. The highest BCUT2D eigenvalue weighted by Gasteiger charge is 2.05. The Morgan fingerprint density at radius 3 is 2.75 bits per heavy atom. The van der Waals surface area contributed by atoms with Crippen molar-refractivity contribution in [3.05, 3.63) is 11.9 Å². The van der Waals surface area contributed by atoms with E-state index in [1.165, 1.54) is 0 Å². The third-order valence-electron chi connectivity index (χ3n) is 2.98. The number of nitrogens with zero attached hydrogens (tertiary/aromatic N) is 3. The molecule has 0 atom stereocenters. The number of aromatic nitrogens is 3. The molecule has 0 spiro atoms. The lowest BCUT2D eigenvalue weighted by Gasteiger charge is -2.05. The fourth-order valence-electron chi connectivity index (χ4n) is 1.63. The maximum atomic E-state index is 11.4. The molecule has 0 aliphatic carbocycles. The lowest BCUT2D eigenvalue weighted by Crippen LogP contribution is -2.24. The summed E-state index contributed by atoms with van der Waals surface area (Å²) >= 11 is 0. The molecule has 0 aliphatic rings. The van der Waals surface area contributed by atoms with Crippen molar-refractivity contribution in [3.63, 3.8) is 0 Å². The molecule has 9 nitrogen and oxygen atoms in total. The van der Waals surface area contributed by atoms with E-state index in [0.717, 1.165) is 12.8 Å². The first-order chi connectivity index (χ1) is 11.7. The molecule has 0 aromatic carbocycles. The summed E-state index contributed by atoms with van der Waals surface area (Å²) in [5.41, 5.74) is 0.638. The number of ether oxygens (including phenoxy) is 3. The minimum Gasteiger partial charge on any atom is -0.463 e. The Labute approximate surface area is 141 Å². The van der Waals surface area contributed by atoms with Gasteiger partial charge in [-0.25, -0.2) is 9.48 Å². The van der Waals surface area contributed by atoms with E-state index in [0.29, 0.717) is 38.5 Å². The number of hydrogen-bond donors (Lipinski definition) is 1. The number of esters is 1. The van der Waals surface area contributed by atoms with Crippen LogP contribution in [0.4, 0.5) is 4.79 Å². The smallest absolute Gasteiger partial charge is 0.407 e. The molecular formula is C15H26N4O5. The van der Waals surface area contributed by atoms with Crippen LogP contribution in [0.15, 0.2) is 6.20 Å². The Kier molecular flexibility index (Phi) is 10.2. The van der Waals surface area contributed by atoms with Gasteiger partial charge < -0.3 is 19.5 Å². The summed E-state index contributed by atoms with van der Waals surface area (Å²) in [6.07, 6.45) is 3.46. The Bertz CT molecular complexity index is 492. The fraction of sp³-hybridized carbons (Fsp3) is 0.733. The Morgan fingerprint density at radius 2 is 2.00 bits per heavy atom. The largest absolute Gasteiger partial charge is 0.463 e. The molecule has 1 N–H and O–H groups in total. The van der Waals surface area contributed by atoms with E-state index in [1.807, 2.05) is 6.92 Å². The summed E-state index contributed by atoms with van der Waals surface area (Å²) in [5.74, 6) is -0.236. The molecule has 0 unspecified atom stereocenters. The van der Waals surface area contributed by atoms with Crippen molar-refractivity contribution in [2.24, 2.45) is 0 Å². The van der Waals surface area contributed by atoms with E-state index in [9.17, 15) is 9.59 Å². The summed E-state index contributed by atoms with van der Waals surface area (Å²) in [5, 5.41) is 10.5. The van der Waals surface area contributed by atoms with Crippen molar-refractivity contribution < 1.29 is 23.8 Å². The predicted molar refractivity (Wildman–Crippen MR) is 85.2 cm³/mol. The summed E-state index contributed by atoms with van der Waals surface area (Å²) in [6.45, 7) is 6.00. The lowest BCUT2D eigenvalue weighted by atomic mass is 10.4. The van der Waals surface area contributed by atoms with Crippen LogP contribution in [0.5, 0.6) is 0 Å². The maximum Gasteiger partial charge on any atom is 0.407 e. The predicted octanol–water partition coefficient (Wildman–Crippen LogP) is 1.27. The first-order valence-electron chi connectivity index (χ1n) is 8.18. The van der Waals surface area contributed by atoms with Crippen LogP contribution in [0.2, 0.25) is 0 Å². The van der Waals surface area contributed by atoms with E-state index in [2.05, 4.69) is 15.6 Å². The molecule has 1 aromatic heterocycles. The minimum atomic E-state index is -0.456. The molecule has 0 aliphatic heterocycles. The molecule has 9 heteroatoms. The molecule has 1 heterocycles. The van der Waals surface area contributed by atoms with Crippen LogP contribution in [0.1, 0.15) is 38.8 Å². The standard InChI is InChI=1S/C15H26N4O5/c1-3-5-7-24-15(21)16-11-13-12-19(18-17-13)6-8-22-9-10-23-14(20)4-2/h12H,3-11H2,1-2H3,(H,16,21). The van der Waals surface area contributed by atoms with Gasteiger partial charge in [-0.1, -0.05) is 25.5 Å². The van der Waals surface area contributed by atoms with Crippen LogP contribution < -0.4 is 5.32 Å². The zero-order valence-corrected chi connectivity index (χ0v) is 14.3. The van der Waals surface area contributed by atoms with Crippen LogP contribution in [0, 0.1) is 0 Å². The van der Waals surface area contributed by atoms with Gasteiger partial charge in [0.05, 0.1) is 39.1 Å². The fourth-order valence-corrected chi connectivity index (χ4v) is 1.63. The van der Waals surface area contributed by atoms with Gasteiger partial charge >= 0.3 is 12.1 Å². The highest BCUT2D eigenvalue weighted by atomic mass is 16.6. The van der Waals surface area contributed by atoms with Crippen molar-refractivity contribution in [2.75, 3.05) is 26.4 Å². The highest BCUT2D eigenvalue weighted by molar-refractivity contribution is 5.68. The minimum absolute atomic E-state index is 0.236. The number of rotatable bonds is 12. The van der Waals surface area contributed by atoms with Crippen LogP contribution in [0.3, 0.4) is 0 Å². The molecule has 1 amide bonds. The number of carbonyl (C=O) groups is 2. The average molecular weight is 342 g/mol. The summed E-state index contributed by atoms with van der Waals surface area (Å²) in [6, 6.07) is 0. The number of amides is 1. The van der Waals surface area contributed by atoms with Gasteiger partial charge in [-0.3, -0.25) is 4.79 Å². The monoisotopic (exact) mass is 342 g/mol. The van der Waals surface area contributed by atoms with E-state index in [1.54, 1.807) is 17.8 Å². The van der Waals surface area contributed by atoms with Gasteiger partial charge in [0.25, 0.3) is 0 Å². The summed E-state index contributed by atoms with van der Waals surface area (Å²) < 4.78 is 16.8. The molecule has 1 aromatic rings. The molecule has 24 heavy (non-hydrogen) atoms. The van der Waals surface area contributed by atoms with Crippen LogP contribution in [0.25, 0.3) is 0 Å². The van der Waals surface area contributed by atoms with E-state index >= 15 is 0 Å². The van der Waals surface area contributed by atoms with Crippen molar-refractivity contribution >= 4 is 12.1 Å². The second-order valence-electron chi connectivity index (χ2n) is 5.00. The molecule has 1 rings (SSSR count). The number of unbranched alkanes of at least 4 members (excludes halogenated alkanes) is 1. The van der Waals surface area contributed by atoms with Gasteiger partial charge in [-0.05, 0) is 6.42 Å². The average Bonchev–Trinajstić information content (AvgIpc) is 3.04. The quantitative estimate of drug-likeness (QED) is 0.450. The normalized spacial score (nSPS) is 10.4. The second-order valence-corrected chi connectivity index (χ2v) is 5.00. The van der Waals surface area contributed by atoms with Crippen molar-refractivity contribution in [1.29, 1.82) is 0 Å². The Morgan fingerprint density at radius 1 is 1.17 bits per heavy atom. The number of nitrogens with one attached hydrogen (secondary N) is 1. The van der Waals surface area contributed by atoms with Gasteiger partial charge in [-0.15, -0.1) is 5.10 Å². The maximum absolute atomic E-state index is 11.4. The molecule has 0 bridgehead atoms. The topological polar surface area (TPSA) is 105 Å². The zero-order valence-electron chi connectivity index (χ0n) is 14.3. The van der Waals surface area contributed by atoms with E-state index < -0.39 is 6.09 Å². The van der Waals surface area contributed by atoms with Crippen molar-refractivity contribution in [3.8, 4) is 0 Å². The van der Waals surface area contributed by atoms with Gasteiger partial charge in [0.1, 0.15) is 12.3 Å². The Balaban J connectivity index is 2.10. The number of carbonyl (C=O) groups excluding carboxylic acids is 2. The second kappa shape index (κ2) is 12.3. The first kappa shape index (κ1) is 19.9. The highest BCUT2D eigenvalue weighted by Crippen LogP contribution is 1.95. The third-order valence-corrected chi connectivity index (χ3v) is 2.98. The molecule has 0 saturated heterocycles. The molecule has 0 fully saturated rings. The van der Waals surface area contributed by atoms with Gasteiger partial charge in [0, 0.05) is 6.42 Å². The third kappa shape index (κ3) is 9.09. The van der Waals surface area contributed by atoms with Crippen LogP contribution in [-0.4, -0.2) is 53.5 Å². The van der Waals surface area contributed by atoms with Gasteiger partial charge in [0.2, 0.25) is 0 Å². The zero-order chi connectivity index (χ0) is 17.6. The van der Waals surface area contributed by atoms with Crippen molar-refractivity contribution in [1.82, 2.24) is 20.3 Å². The van der Waals surface area contributed by atoms with Crippen LogP contribution >= 0.6 is 0 Å². The molecule has 0 radical (unpaired) electrons. The SMILES string of the molecule is CCCCOC(=O)NCc1cn(CCOCCOC(=O)CC)nn1. The summed E-state index contributed by atoms with van der Waals surface area (Å²) in [4.78, 5) is 22.3. The first-order valence-corrected chi connectivity index (χ1v) is 8.18. The van der Waals surface area contributed by atoms with Crippen molar-refractivity contribution in [2.45, 2.75) is 46.2 Å². The van der Waals surface area contributed by atoms with Gasteiger partial charge in [-0.2, -0.15) is 0 Å². The van der Waals surface area contributed by atoms with E-state index in [4.69, 9.17) is 14.2 Å². The van der Waals surface area contributed by atoms with Gasteiger partial charge in [0.15, 0.2) is 0 Å².